The fourth-order valence-electron chi connectivity index (χ4n) is 2.31. The van der Waals surface area contributed by atoms with Gasteiger partial charge in [0.1, 0.15) is 4.75 Å². The third-order valence-corrected chi connectivity index (χ3v) is 5.24. The highest BCUT2D eigenvalue weighted by molar-refractivity contribution is 8.01. The Bertz CT molecular complexity index is 218. The summed E-state index contributed by atoms with van der Waals surface area (Å²) in [5.74, 6) is 0.731. The van der Waals surface area contributed by atoms with E-state index in [9.17, 15) is 9.90 Å². The van der Waals surface area contributed by atoms with Gasteiger partial charge in [0, 0.05) is 0 Å². The normalized spacial score (nSPS) is 31.5. The molecule has 3 heteroatoms. The Morgan fingerprint density at radius 1 is 1.53 bits per heavy atom. The van der Waals surface area contributed by atoms with Crippen LogP contribution >= 0.6 is 11.8 Å². The Hall–Kier alpha value is -0.180. The second kappa shape index (κ2) is 5.78. The molecule has 15 heavy (non-hydrogen) atoms. The van der Waals surface area contributed by atoms with E-state index in [2.05, 4.69) is 13.8 Å². The van der Waals surface area contributed by atoms with Gasteiger partial charge in [0.2, 0.25) is 0 Å². The molecule has 0 aromatic rings. The second-order valence-corrected chi connectivity index (χ2v) is 5.97. The van der Waals surface area contributed by atoms with Crippen LogP contribution in [0.3, 0.4) is 0 Å². The molecule has 0 aromatic carbocycles. The summed E-state index contributed by atoms with van der Waals surface area (Å²) < 4.78 is -0.479. The third-order valence-electron chi connectivity index (χ3n) is 3.45. The molecule has 0 aromatic heterocycles. The predicted octanol–water partition coefficient (Wildman–Crippen LogP) is 3.55. The molecule has 0 heterocycles. The van der Waals surface area contributed by atoms with Gasteiger partial charge in [-0.05, 0) is 30.9 Å². The van der Waals surface area contributed by atoms with Crippen molar-refractivity contribution in [3.8, 4) is 0 Å². The first-order valence-electron chi connectivity index (χ1n) is 6.01. The van der Waals surface area contributed by atoms with Crippen molar-refractivity contribution < 1.29 is 9.90 Å². The van der Waals surface area contributed by atoms with Gasteiger partial charge in [0.05, 0.1) is 0 Å². The van der Waals surface area contributed by atoms with Crippen LogP contribution in [0.5, 0.6) is 0 Å². The van der Waals surface area contributed by atoms with Crippen LogP contribution in [-0.4, -0.2) is 21.6 Å². The number of thioether (sulfide) groups is 1. The van der Waals surface area contributed by atoms with Crippen molar-refractivity contribution in [2.75, 3.05) is 5.75 Å². The first kappa shape index (κ1) is 12.9. The largest absolute Gasteiger partial charge is 0.480 e. The Morgan fingerprint density at radius 3 is 2.80 bits per heavy atom. The average Bonchev–Trinajstić information content (AvgIpc) is 2.21. The smallest absolute Gasteiger partial charge is 0.320 e. The lowest BCUT2D eigenvalue weighted by Gasteiger charge is -2.38. The maximum Gasteiger partial charge on any atom is 0.320 e. The second-order valence-electron chi connectivity index (χ2n) is 4.54. The maximum atomic E-state index is 11.5. The third kappa shape index (κ3) is 2.90. The zero-order valence-corrected chi connectivity index (χ0v) is 10.6. The Balaban J connectivity index is 2.63. The lowest BCUT2D eigenvalue weighted by Crippen LogP contribution is -2.44. The van der Waals surface area contributed by atoms with E-state index in [-0.39, 0.29) is 0 Å². The summed E-state index contributed by atoms with van der Waals surface area (Å²) in [5, 5.41) is 9.44. The van der Waals surface area contributed by atoms with Gasteiger partial charge in [0.25, 0.3) is 0 Å². The van der Waals surface area contributed by atoms with Gasteiger partial charge in [-0.3, -0.25) is 4.79 Å². The van der Waals surface area contributed by atoms with Crippen LogP contribution in [0.25, 0.3) is 0 Å². The molecule has 0 saturated heterocycles. The average molecular weight is 230 g/mol. The fraction of sp³-hybridized carbons (Fsp3) is 0.917. The van der Waals surface area contributed by atoms with E-state index in [0.29, 0.717) is 5.92 Å². The minimum Gasteiger partial charge on any atom is -0.480 e. The van der Waals surface area contributed by atoms with E-state index in [1.165, 1.54) is 6.42 Å². The lowest BCUT2D eigenvalue weighted by molar-refractivity contribution is -0.142. The summed E-state index contributed by atoms with van der Waals surface area (Å²) in [6, 6.07) is 0. The summed E-state index contributed by atoms with van der Waals surface area (Å²) in [6.45, 7) is 4.25. The van der Waals surface area contributed by atoms with Crippen LogP contribution in [0, 0.1) is 5.92 Å². The molecule has 1 aliphatic carbocycles. The van der Waals surface area contributed by atoms with Gasteiger partial charge < -0.3 is 5.11 Å². The molecule has 1 aliphatic rings. The number of hydrogen-bond acceptors (Lipinski definition) is 2. The van der Waals surface area contributed by atoms with Crippen molar-refractivity contribution in [1.82, 2.24) is 0 Å². The molecular weight excluding hydrogens is 208 g/mol. The number of hydrogen-bond donors (Lipinski definition) is 1. The highest BCUT2D eigenvalue weighted by Gasteiger charge is 2.45. The molecule has 2 nitrogen and oxygen atoms in total. The summed E-state index contributed by atoms with van der Waals surface area (Å²) in [7, 11) is 0. The van der Waals surface area contributed by atoms with Crippen molar-refractivity contribution in [2.45, 2.75) is 57.1 Å². The van der Waals surface area contributed by atoms with Crippen molar-refractivity contribution in [2.24, 2.45) is 5.92 Å². The number of rotatable bonds is 5. The van der Waals surface area contributed by atoms with Crippen LogP contribution < -0.4 is 0 Å². The highest BCUT2D eigenvalue weighted by Crippen LogP contribution is 2.44. The molecular formula is C12H22O2S. The van der Waals surface area contributed by atoms with E-state index >= 15 is 0 Å². The Morgan fingerprint density at radius 2 is 2.27 bits per heavy atom. The van der Waals surface area contributed by atoms with E-state index < -0.39 is 10.7 Å². The Labute approximate surface area is 96.8 Å². The van der Waals surface area contributed by atoms with Crippen LogP contribution in [0.2, 0.25) is 0 Å². The molecule has 0 radical (unpaired) electrons. The van der Waals surface area contributed by atoms with E-state index in [0.717, 1.165) is 37.9 Å². The topological polar surface area (TPSA) is 37.3 Å². The van der Waals surface area contributed by atoms with Crippen LogP contribution in [0.4, 0.5) is 0 Å². The first-order valence-corrected chi connectivity index (χ1v) is 6.99. The number of carbonyl (C=O) groups is 1. The minimum atomic E-state index is -0.587. The molecule has 0 bridgehead atoms. The summed E-state index contributed by atoms with van der Waals surface area (Å²) in [4.78, 5) is 11.5. The SMILES string of the molecule is CCCCSC1(C(=O)O)CCCCC1C. The zero-order valence-electron chi connectivity index (χ0n) is 9.79. The van der Waals surface area contributed by atoms with Gasteiger partial charge in [-0.25, -0.2) is 0 Å². The van der Waals surface area contributed by atoms with Crippen LogP contribution in [-0.2, 0) is 4.79 Å². The molecule has 1 N–H and O–H groups in total. The zero-order chi connectivity index (χ0) is 11.3. The standard InChI is InChI=1S/C12H22O2S/c1-3-4-9-15-12(11(13)14)8-6-5-7-10(12)2/h10H,3-9H2,1-2H3,(H,13,14). The molecule has 1 saturated carbocycles. The molecule has 2 unspecified atom stereocenters. The highest BCUT2D eigenvalue weighted by atomic mass is 32.2. The molecule has 88 valence electrons. The van der Waals surface area contributed by atoms with Gasteiger partial charge >= 0.3 is 5.97 Å². The van der Waals surface area contributed by atoms with Gasteiger partial charge in [-0.1, -0.05) is 33.1 Å². The molecule has 0 aliphatic heterocycles. The van der Waals surface area contributed by atoms with Gasteiger partial charge in [-0.2, -0.15) is 0 Å². The summed E-state index contributed by atoms with van der Waals surface area (Å²) in [6.07, 6.45) is 6.49. The van der Waals surface area contributed by atoms with Crippen molar-refractivity contribution in [1.29, 1.82) is 0 Å². The van der Waals surface area contributed by atoms with E-state index in [4.69, 9.17) is 0 Å². The van der Waals surface area contributed by atoms with Crippen molar-refractivity contribution >= 4 is 17.7 Å². The molecule has 0 amide bonds. The van der Waals surface area contributed by atoms with E-state index in [1.807, 2.05) is 0 Å². The van der Waals surface area contributed by atoms with Gasteiger partial charge in [0.15, 0.2) is 0 Å². The van der Waals surface area contributed by atoms with Crippen LogP contribution in [0.1, 0.15) is 52.4 Å². The fourth-order valence-corrected chi connectivity index (χ4v) is 3.92. The van der Waals surface area contributed by atoms with Crippen molar-refractivity contribution in [3.05, 3.63) is 0 Å². The summed E-state index contributed by atoms with van der Waals surface area (Å²) >= 11 is 1.69. The number of unbranched alkanes of at least 4 members (excludes halogenated alkanes) is 1. The first-order chi connectivity index (χ1) is 7.13. The number of carboxylic acids is 1. The van der Waals surface area contributed by atoms with Gasteiger partial charge in [-0.15, -0.1) is 11.8 Å². The molecule has 1 rings (SSSR count). The molecule has 2 atom stereocenters. The quantitative estimate of drug-likeness (QED) is 0.734. The lowest BCUT2D eigenvalue weighted by atomic mass is 9.79. The van der Waals surface area contributed by atoms with Crippen LogP contribution in [0.15, 0.2) is 0 Å². The predicted molar refractivity (Wildman–Crippen MR) is 65.4 cm³/mol. The maximum absolute atomic E-state index is 11.5. The van der Waals surface area contributed by atoms with E-state index in [1.54, 1.807) is 11.8 Å². The monoisotopic (exact) mass is 230 g/mol. The Kier molecular flexibility index (Phi) is 4.97. The minimum absolute atomic E-state index is 0.325. The molecule has 1 fully saturated rings. The van der Waals surface area contributed by atoms with Crippen molar-refractivity contribution in [3.63, 3.8) is 0 Å². The molecule has 0 spiro atoms. The number of carboxylic acid groups (broad SMARTS) is 1. The number of aliphatic carboxylic acids is 1. The summed E-state index contributed by atoms with van der Waals surface area (Å²) in [5.41, 5.74) is 0.